The van der Waals surface area contributed by atoms with E-state index in [0.717, 1.165) is 29.5 Å². The molecule has 1 aliphatic rings. The number of thioether (sulfide) groups is 1. The number of aromatic nitrogens is 2. The van der Waals surface area contributed by atoms with Crippen molar-refractivity contribution in [2.24, 2.45) is 0 Å². The van der Waals surface area contributed by atoms with Crippen LogP contribution < -0.4 is 5.73 Å². The molecule has 0 radical (unpaired) electrons. The number of nitrogen functional groups attached to an aromatic ring is 1. The number of hydrogen-bond acceptors (Lipinski definition) is 7. The summed E-state index contributed by atoms with van der Waals surface area (Å²) in [6.45, 7) is 0. The molecule has 0 amide bonds. The summed E-state index contributed by atoms with van der Waals surface area (Å²) in [6, 6.07) is 1.92. The first-order valence-corrected chi connectivity index (χ1v) is 10.5. The van der Waals surface area contributed by atoms with Gasteiger partial charge in [0.25, 0.3) is 0 Å². The van der Waals surface area contributed by atoms with Gasteiger partial charge in [-0.1, -0.05) is 18.2 Å². The molecular formula is C13H17N3O2S3. The van der Waals surface area contributed by atoms with Gasteiger partial charge in [-0.3, -0.25) is 0 Å². The molecule has 2 heterocycles. The van der Waals surface area contributed by atoms with E-state index < -0.39 is 9.84 Å². The molecule has 0 saturated heterocycles. The van der Waals surface area contributed by atoms with Crippen molar-refractivity contribution in [3.05, 3.63) is 11.4 Å². The highest BCUT2D eigenvalue weighted by Crippen LogP contribution is 2.36. The fraction of sp³-hybridized carbons (Fsp3) is 0.538. The highest BCUT2D eigenvalue weighted by atomic mass is 32.2. The quantitative estimate of drug-likeness (QED) is 0.862. The van der Waals surface area contributed by atoms with Gasteiger partial charge in [0.15, 0.2) is 5.16 Å². The molecule has 2 aromatic heterocycles. The molecule has 2 aromatic rings. The van der Waals surface area contributed by atoms with Gasteiger partial charge >= 0.3 is 0 Å². The molecule has 1 saturated carbocycles. The van der Waals surface area contributed by atoms with Crippen molar-refractivity contribution in [3.63, 3.8) is 0 Å². The van der Waals surface area contributed by atoms with E-state index in [1.807, 2.05) is 11.4 Å². The van der Waals surface area contributed by atoms with Gasteiger partial charge in [-0.05, 0) is 30.7 Å². The molecule has 2 unspecified atom stereocenters. The summed E-state index contributed by atoms with van der Waals surface area (Å²) in [5.41, 5.74) is 5.95. The van der Waals surface area contributed by atoms with Crippen LogP contribution in [0.25, 0.3) is 10.2 Å². The third kappa shape index (κ3) is 3.32. The number of nitrogens with two attached hydrogens (primary N) is 1. The maximum atomic E-state index is 11.7. The molecule has 8 heteroatoms. The number of sulfone groups is 1. The Bertz CT molecular complexity index is 757. The van der Waals surface area contributed by atoms with E-state index >= 15 is 0 Å². The van der Waals surface area contributed by atoms with Gasteiger partial charge in [0.05, 0.1) is 10.6 Å². The second kappa shape index (κ2) is 5.73. The maximum Gasteiger partial charge on any atom is 0.191 e. The van der Waals surface area contributed by atoms with Crippen LogP contribution >= 0.6 is 23.1 Å². The summed E-state index contributed by atoms with van der Waals surface area (Å²) >= 11 is 3.10. The fourth-order valence-corrected chi connectivity index (χ4v) is 5.99. The molecule has 2 N–H and O–H groups in total. The first kappa shape index (κ1) is 15.1. The molecule has 0 spiro atoms. The Morgan fingerprint density at radius 2 is 2.19 bits per heavy atom. The summed E-state index contributed by atoms with van der Waals surface area (Å²) in [7, 11) is -2.96. The van der Waals surface area contributed by atoms with Crippen LogP contribution in [0.4, 0.5) is 5.82 Å². The lowest BCUT2D eigenvalue weighted by Gasteiger charge is -2.26. The lowest BCUT2D eigenvalue weighted by molar-refractivity contribution is 0.494. The Hall–Kier alpha value is -0.860. The van der Waals surface area contributed by atoms with Crippen LogP contribution in [0.2, 0.25) is 0 Å². The molecular weight excluding hydrogens is 326 g/mol. The van der Waals surface area contributed by atoms with E-state index in [-0.39, 0.29) is 10.5 Å². The normalized spacial score (nSPS) is 23.5. The average molecular weight is 343 g/mol. The largest absolute Gasteiger partial charge is 0.383 e. The first-order valence-electron chi connectivity index (χ1n) is 6.80. The van der Waals surface area contributed by atoms with E-state index in [1.165, 1.54) is 6.26 Å². The molecule has 1 aliphatic carbocycles. The topological polar surface area (TPSA) is 85.9 Å². The Kier molecular flexibility index (Phi) is 4.11. The lowest BCUT2D eigenvalue weighted by atomic mass is 10.00. The lowest BCUT2D eigenvalue weighted by Crippen LogP contribution is -2.28. The Morgan fingerprint density at radius 1 is 1.38 bits per heavy atom. The van der Waals surface area contributed by atoms with Crippen LogP contribution in [0.5, 0.6) is 0 Å². The Balaban J connectivity index is 1.78. The van der Waals surface area contributed by atoms with Gasteiger partial charge in [-0.2, -0.15) is 0 Å². The number of rotatable bonds is 3. The molecule has 0 bridgehead atoms. The summed E-state index contributed by atoms with van der Waals surface area (Å²) in [4.78, 5) is 9.75. The van der Waals surface area contributed by atoms with Crippen molar-refractivity contribution in [2.75, 3.05) is 12.0 Å². The summed E-state index contributed by atoms with van der Waals surface area (Å²) in [6.07, 6.45) is 4.71. The highest BCUT2D eigenvalue weighted by Gasteiger charge is 2.30. The Morgan fingerprint density at radius 3 is 2.95 bits per heavy atom. The Labute approximate surface area is 132 Å². The molecule has 0 aliphatic heterocycles. The fourth-order valence-electron chi connectivity index (χ4n) is 2.66. The minimum Gasteiger partial charge on any atom is -0.383 e. The van der Waals surface area contributed by atoms with Crippen molar-refractivity contribution in [3.8, 4) is 0 Å². The molecule has 114 valence electrons. The van der Waals surface area contributed by atoms with Crippen molar-refractivity contribution >= 4 is 49.0 Å². The van der Waals surface area contributed by atoms with Crippen molar-refractivity contribution in [2.45, 2.75) is 41.3 Å². The van der Waals surface area contributed by atoms with Crippen LogP contribution in [0.3, 0.4) is 0 Å². The number of thiophene rings is 1. The van der Waals surface area contributed by atoms with Crippen LogP contribution in [0.15, 0.2) is 16.6 Å². The zero-order chi connectivity index (χ0) is 15.0. The second-order valence-electron chi connectivity index (χ2n) is 5.39. The first-order chi connectivity index (χ1) is 9.93. The summed E-state index contributed by atoms with van der Waals surface area (Å²) < 4.78 is 23.4. The monoisotopic (exact) mass is 343 g/mol. The van der Waals surface area contributed by atoms with Gasteiger partial charge in [0, 0.05) is 11.5 Å². The van der Waals surface area contributed by atoms with Gasteiger partial charge in [-0.15, -0.1) is 11.3 Å². The van der Waals surface area contributed by atoms with E-state index in [0.29, 0.717) is 17.4 Å². The van der Waals surface area contributed by atoms with Gasteiger partial charge in [-0.25, -0.2) is 18.4 Å². The molecule has 5 nitrogen and oxygen atoms in total. The molecule has 0 aromatic carbocycles. The van der Waals surface area contributed by atoms with Crippen LogP contribution in [-0.2, 0) is 9.84 Å². The standard InChI is InChI=1S/C13H17N3O2S3/c1-21(17,18)9-4-2-3-8(7-9)20-13-15-11(14)10-5-6-19-12(10)16-13/h5-6,8-9H,2-4,7H2,1H3,(H2,14,15,16). The minimum absolute atomic E-state index is 0.230. The summed E-state index contributed by atoms with van der Waals surface area (Å²) in [5.74, 6) is 0.499. The van der Waals surface area contributed by atoms with Gasteiger partial charge in [0.2, 0.25) is 0 Å². The predicted octanol–water partition coefficient (Wildman–Crippen LogP) is 2.72. The number of fused-ring (bicyclic) bond motifs is 1. The molecule has 3 rings (SSSR count). The van der Waals surface area contributed by atoms with Gasteiger partial charge in [0.1, 0.15) is 20.5 Å². The minimum atomic E-state index is -2.96. The number of nitrogens with zero attached hydrogens (tertiary/aromatic N) is 2. The average Bonchev–Trinajstić information content (AvgIpc) is 2.87. The third-order valence-electron chi connectivity index (χ3n) is 3.79. The molecule has 21 heavy (non-hydrogen) atoms. The highest BCUT2D eigenvalue weighted by molar-refractivity contribution is 7.99. The van der Waals surface area contributed by atoms with Crippen molar-refractivity contribution in [1.29, 1.82) is 0 Å². The zero-order valence-electron chi connectivity index (χ0n) is 11.7. The predicted molar refractivity (Wildman–Crippen MR) is 88.6 cm³/mol. The molecule has 1 fully saturated rings. The van der Waals surface area contributed by atoms with Crippen molar-refractivity contribution in [1.82, 2.24) is 9.97 Å². The van der Waals surface area contributed by atoms with E-state index in [1.54, 1.807) is 23.1 Å². The van der Waals surface area contributed by atoms with E-state index in [4.69, 9.17) is 5.73 Å². The smallest absolute Gasteiger partial charge is 0.191 e. The molecule has 2 atom stereocenters. The third-order valence-corrected chi connectivity index (χ3v) is 7.39. The maximum absolute atomic E-state index is 11.7. The van der Waals surface area contributed by atoms with Gasteiger partial charge < -0.3 is 5.73 Å². The number of hydrogen-bond donors (Lipinski definition) is 1. The SMILES string of the molecule is CS(=O)(=O)C1CCCC(Sc2nc(N)c3ccsc3n2)C1. The van der Waals surface area contributed by atoms with Crippen LogP contribution in [0, 0.1) is 0 Å². The summed E-state index contributed by atoms with van der Waals surface area (Å²) in [5, 5.41) is 3.51. The van der Waals surface area contributed by atoms with Crippen LogP contribution in [0.1, 0.15) is 25.7 Å². The van der Waals surface area contributed by atoms with Crippen LogP contribution in [-0.4, -0.2) is 35.1 Å². The zero-order valence-corrected chi connectivity index (χ0v) is 14.1. The second-order valence-corrected chi connectivity index (χ2v) is 9.88. The van der Waals surface area contributed by atoms with E-state index in [2.05, 4.69) is 9.97 Å². The van der Waals surface area contributed by atoms with Crippen molar-refractivity contribution < 1.29 is 8.42 Å². The number of anilines is 1. The van der Waals surface area contributed by atoms with E-state index in [9.17, 15) is 8.42 Å².